The van der Waals surface area contributed by atoms with E-state index >= 15 is 0 Å². The molecule has 23 heavy (non-hydrogen) atoms. The van der Waals surface area contributed by atoms with Gasteiger partial charge < -0.3 is 9.20 Å². The first-order valence-corrected chi connectivity index (χ1v) is 9.09. The maximum Gasteiger partial charge on any atom is 0.143 e. The highest BCUT2D eigenvalue weighted by Gasteiger charge is 2.24. The van der Waals surface area contributed by atoms with Gasteiger partial charge in [0, 0.05) is 17.1 Å². The summed E-state index contributed by atoms with van der Waals surface area (Å²) in [5.41, 5.74) is 3.53. The molecule has 1 aliphatic rings. The van der Waals surface area contributed by atoms with E-state index in [0.717, 1.165) is 25.1 Å². The van der Waals surface area contributed by atoms with Crippen molar-refractivity contribution in [3.63, 3.8) is 0 Å². The van der Waals surface area contributed by atoms with Gasteiger partial charge in [0.15, 0.2) is 0 Å². The van der Waals surface area contributed by atoms with Crippen LogP contribution in [0.15, 0.2) is 48.0 Å². The number of aromatic nitrogens is 1. The Labute approximate surface area is 140 Å². The fourth-order valence-corrected chi connectivity index (χ4v) is 4.41. The zero-order valence-corrected chi connectivity index (χ0v) is 13.8. The molecular weight excluding hydrogens is 304 g/mol. The van der Waals surface area contributed by atoms with Gasteiger partial charge in [-0.2, -0.15) is 0 Å². The fourth-order valence-electron chi connectivity index (χ4n) is 3.45. The highest BCUT2D eigenvalue weighted by Crippen LogP contribution is 2.31. The maximum absolute atomic E-state index is 11.8. The van der Waals surface area contributed by atoms with E-state index in [9.17, 15) is 4.79 Å². The van der Waals surface area contributed by atoms with Gasteiger partial charge in [-0.25, -0.2) is 0 Å². The summed E-state index contributed by atoms with van der Waals surface area (Å²) in [6.45, 7) is 2.04. The van der Waals surface area contributed by atoms with E-state index in [1.807, 2.05) is 6.07 Å². The average molecular weight is 324 g/mol. The summed E-state index contributed by atoms with van der Waals surface area (Å²) in [5, 5.41) is 2.14. The van der Waals surface area contributed by atoms with Crippen LogP contribution in [0.2, 0.25) is 0 Å². The van der Waals surface area contributed by atoms with Crippen LogP contribution in [0.1, 0.15) is 31.0 Å². The third-order valence-corrected chi connectivity index (χ3v) is 5.60. The molecule has 0 saturated carbocycles. The van der Waals surface area contributed by atoms with E-state index in [4.69, 9.17) is 0 Å². The molecule has 1 aromatic carbocycles. The van der Waals surface area contributed by atoms with E-state index in [2.05, 4.69) is 51.2 Å². The van der Waals surface area contributed by atoms with Gasteiger partial charge in [0.1, 0.15) is 12.3 Å². The summed E-state index contributed by atoms with van der Waals surface area (Å²) >= 11 is 1.71. The molecule has 1 atom stereocenters. The Hall–Kier alpha value is -1.91. The molecule has 3 nitrogen and oxygen atoms in total. The van der Waals surface area contributed by atoms with Gasteiger partial charge in [-0.05, 0) is 37.6 Å². The van der Waals surface area contributed by atoms with Crippen LogP contribution in [0, 0.1) is 0 Å². The molecule has 0 radical (unpaired) electrons. The molecule has 1 saturated heterocycles. The number of carbonyl (C=O) groups is 1. The quantitative estimate of drug-likeness (QED) is 0.665. The van der Waals surface area contributed by atoms with Crippen molar-refractivity contribution in [1.82, 2.24) is 9.30 Å². The van der Waals surface area contributed by atoms with Crippen LogP contribution in [0.5, 0.6) is 0 Å². The number of thiazole rings is 1. The number of aldehydes is 1. The molecule has 0 amide bonds. The monoisotopic (exact) mass is 324 g/mol. The lowest BCUT2D eigenvalue weighted by molar-refractivity contribution is -0.113. The number of likely N-dealkylation sites (tertiary alicyclic amines) is 1. The van der Waals surface area contributed by atoms with Gasteiger partial charge in [-0.15, -0.1) is 11.3 Å². The number of benzene rings is 1. The smallest absolute Gasteiger partial charge is 0.143 e. The topological polar surface area (TPSA) is 24.7 Å². The lowest BCUT2D eigenvalue weighted by Gasteiger charge is -2.31. The third-order valence-electron chi connectivity index (χ3n) is 4.69. The predicted molar refractivity (Wildman–Crippen MR) is 94.9 cm³/mol. The largest absolute Gasteiger partial charge is 0.309 e. The van der Waals surface area contributed by atoms with Gasteiger partial charge in [-0.1, -0.05) is 36.8 Å². The summed E-state index contributed by atoms with van der Waals surface area (Å²) < 4.78 is 2.20. The van der Waals surface area contributed by atoms with Crippen molar-refractivity contribution in [2.75, 3.05) is 13.1 Å². The van der Waals surface area contributed by atoms with Crippen molar-refractivity contribution in [3.05, 3.63) is 53.7 Å². The molecule has 1 fully saturated rings. The van der Waals surface area contributed by atoms with Gasteiger partial charge in [-0.3, -0.25) is 4.90 Å². The van der Waals surface area contributed by atoms with Crippen LogP contribution >= 0.6 is 11.3 Å². The molecule has 1 aliphatic heterocycles. The van der Waals surface area contributed by atoms with E-state index < -0.39 is 0 Å². The molecule has 0 spiro atoms. The van der Waals surface area contributed by atoms with Crippen LogP contribution in [-0.4, -0.2) is 28.7 Å². The molecule has 4 heteroatoms. The zero-order chi connectivity index (χ0) is 15.6. The van der Waals surface area contributed by atoms with Crippen molar-refractivity contribution in [2.24, 2.45) is 0 Å². The second-order valence-corrected chi connectivity index (χ2v) is 7.03. The minimum Gasteiger partial charge on any atom is -0.309 e. The number of piperidine rings is 1. The van der Waals surface area contributed by atoms with Gasteiger partial charge >= 0.3 is 0 Å². The number of hydrogen-bond acceptors (Lipinski definition) is 3. The van der Waals surface area contributed by atoms with Crippen LogP contribution in [0.25, 0.3) is 16.0 Å². The average Bonchev–Trinajstić information content (AvgIpc) is 3.19. The van der Waals surface area contributed by atoms with E-state index in [1.165, 1.54) is 35.2 Å². The lowest BCUT2D eigenvalue weighted by atomic mass is 10.1. The second kappa shape index (κ2) is 6.30. The first kappa shape index (κ1) is 14.7. The standard InChI is InChI=1S/C19H20N2OS/c22-13-17(20-9-5-2-6-10-20)18-14-23-19-11-16(12-21(18)19)15-7-3-1-4-8-15/h1,3-4,7-8,11-14,17H,2,5-6,9-10H2. The van der Waals surface area contributed by atoms with Crippen molar-refractivity contribution < 1.29 is 4.79 Å². The number of carbonyl (C=O) groups excluding carboxylic acids is 1. The molecular formula is C19H20N2OS. The molecule has 2 aromatic heterocycles. The highest BCUT2D eigenvalue weighted by atomic mass is 32.1. The number of hydrogen-bond donors (Lipinski definition) is 0. The van der Waals surface area contributed by atoms with E-state index in [-0.39, 0.29) is 6.04 Å². The van der Waals surface area contributed by atoms with Crippen LogP contribution in [-0.2, 0) is 4.79 Å². The van der Waals surface area contributed by atoms with E-state index in [1.54, 1.807) is 11.3 Å². The first-order chi connectivity index (χ1) is 11.4. The van der Waals surface area contributed by atoms with Crippen LogP contribution in [0.4, 0.5) is 0 Å². The molecule has 0 N–H and O–H groups in total. The highest BCUT2D eigenvalue weighted by molar-refractivity contribution is 7.15. The van der Waals surface area contributed by atoms with Crippen molar-refractivity contribution in [1.29, 1.82) is 0 Å². The Morgan fingerprint density at radius 3 is 2.57 bits per heavy atom. The summed E-state index contributed by atoms with van der Waals surface area (Å²) in [4.78, 5) is 15.3. The molecule has 3 aromatic rings. The molecule has 118 valence electrons. The Bertz CT molecular complexity index is 799. The fraction of sp³-hybridized carbons (Fsp3) is 0.316. The minimum atomic E-state index is -0.125. The van der Waals surface area contributed by atoms with E-state index in [0.29, 0.717) is 0 Å². The third kappa shape index (κ3) is 2.73. The Balaban J connectivity index is 1.72. The first-order valence-electron chi connectivity index (χ1n) is 8.21. The lowest BCUT2D eigenvalue weighted by Crippen LogP contribution is -2.35. The van der Waals surface area contributed by atoms with Gasteiger partial charge in [0.25, 0.3) is 0 Å². The van der Waals surface area contributed by atoms with Crippen molar-refractivity contribution in [2.45, 2.75) is 25.3 Å². The van der Waals surface area contributed by atoms with Crippen LogP contribution < -0.4 is 0 Å². The minimum absolute atomic E-state index is 0.125. The molecule has 0 aliphatic carbocycles. The maximum atomic E-state index is 11.8. The Morgan fingerprint density at radius 1 is 1.04 bits per heavy atom. The zero-order valence-electron chi connectivity index (χ0n) is 13.0. The second-order valence-electron chi connectivity index (χ2n) is 6.14. The summed E-state index contributed by atoms with van der Waals surface area (Å²) in [7, 11) is 0. The molecule has 1 unspecified atom stereocenters. The SMILES string of the molecule is O=CC(c1csc2cc(-c3ccccc3)cn12)N1CCCCC1. The summed E-state index contributed by atoms with van der Waals surface area (Å²) in [6.07, 6.45) is 6.94. The Morgan fingerprint density at radius 2 is 1.83 bits per heavy atom. The predicted octanol–water partition coefficient (Wildman–Crippen LogP) is 4.39. The number of nitrogens with zero attached hydrogens (tertiary/aromatic N) is 2. The normalized spacial score (nSPS) is 17.4. The summed E-state index contributed by atoms with van der Waals surface area (Å²) in [5.74, 6) is 0. The Kier molecular flexibility index (Phi) is 4.02. The molecule has 4 rings (SSSR count). The molecule has 0 bridgehead atoms. The van der Waals surface area contributed by atoms with Crippen LogP contribution in [0.3, 0.4) is 0 Å². The number of fused-ring (bicyclic) bond motifs is 1. The van der Waals surface area contributed by atoms with Gasteiger partial charge in [0.05, 0.1) is 10.5 Å². The van der Waals surface area contributed by atoms with Gasteiger partial charge in [0.2, 0.25) is 0 Å². The van der Waals surface area contributed by atoms with Crippen molar-refractivity contribution in [3.8, 4) is 11.1 Å². The summed E-state index contributed by atoms with van der Waals surface area (Å²) in [6, 6.07) is 12.5. The number of rotatable bonds is 4. The van der Waals surface area contributed by atoms with Crippen molar-refractivity contribution >= 4 is 22.5 Å². The molecule has 3 heterocycles.